The Labute approximate surface area is 128 Å². The van der Waals surface area contributed by atoms with Crippen LogP contribution in [0.25, 0.3) is 0 Å². The minimum atomic E-state index is -0.193. The average Bonchev–Trinajstić information content (AvgIpc) is 2.42. The molecule has 4 nitrogen and oxygen atoms in total. The van der Waals surface area contributed by atoms with E-state index in [9.17, 15) is 9.90 Å². The van der Waals surface area contributed by atoms with Gasteiger partial charge in [-0.3, -0.25) is 4.79 Å². The highest BCUT2D eigenvalue weighted by Crippen LogP contribution is 2.29. The molecule has 0 atom stereocenters. The Hall–Kier alpha value is -0.810. The quantitative estimate of drug-likeness (QED) is 0.898. The molecule has 1 aliphatic heterocycles. The van der Waals surface area contributed by atoms with Gasteiger partial charge in [0.1, 0.15) is 0 Å². The molecule has 1 saturated heterocycles. The molecule has 0 radical (unpaired) electrons. The number of benzene rings is 1. The van der Waals surface area contributed by atoms with Crippen LogP contribution in [-0.2, 0) is 4.79 Å². The number of para-hydroxylation sites is 1. The van der Waals surface area contributed by atoms with Crippen molar-refractivity contribution in [2.75, 3.05) is 25.0 Å². The fraction of sp³-hybridized carbons (Fsp3) is 0.500. The van der Waals surface area contributed by atoms with E-state index < -0.39 is 0 Å². The standard InChI is InChI=1S/C14H18Cl2N2O2/c15-11-2-1-3-12(16)14(11)17-13(20)6-9-18-7-4-10(19)5-8-18/h1-3,10,19H,4-9H2,(H,17,20). The van der Waals surface area contributed by atoms with Gasteiger partial charge in [0.05, 0.1) is 21.8 Å². The molecule has 1 amide bonds. The van der Waals surface area contributed by atoms with E-state index in [1.54, 1.807) is 18.2 Å². The van der Waals surface area contributed by atoms with Crippen molar-refractivity contribution in [2.24, 2.45) is 0 Å². The van der Waals surface area contributed by atoms with Crippen LogP contribution in [0.2, 0.25) is 10.0 Å². The largest absolute Gasteiger partial charge is 0.393 e. The van der Waals surface area contributed by atoms with Gasteiger partial charge in [0.15, 0.2) is 0 Å². The molecule has 1 fully saturated rings. The number of carbonyl (C=O) groups is 1. The van der Waals surface area contributed by atoms with Gasteiger partial charge >= 0.3 is 0 Å². The Morgan fingerprint density at radius 2 is 1.90 bits per heavy atom. The van der Waals surface area contributed by atoms with Crippen LogP contribution in [0.5, 0.6) is 0 Å². The zero-order chi connectivity index (χ0) is 14.5. The fourth-order valence-electron chi connectivity index (χ4n) is 2.22. The molecule has 2 rings (SSSR count). The van der Waals surface area contributed by atoms with Crippen LogP contribution in [0.4, 0.5) is 5.69 Å². The Morgan fingerprint density at radius 1 is 1.30 bits per heavy atom. The molecule has 0 saturated carbocycles. The first-order valence-corrected chi connectivity index (χ1v) is 7.46. The number of aliphatic hydroxyl groups is 1. The van der Waals surface area contributed by atoms with Gasteiger partial charge < -0.3 is 15.3 Å². The summed E-state index contributed by atoms with van der Waals surface area (Å²) in [6, 6.07) is 5.11. The minimum Gasteiger partial charge on any atom is -0.393 e. The number of nitrogens with zero attached hydrogens (tertiary/aromatic N) is 1. The predicted molar refractivity (Wildman–Crippen MR) is 81.4 cm³/mol. The van der Waals surface area contributed by atoms with Gasteiger partial charge in [-0.2, -0.15) is 0 Å². The highest BCUT2D eigenvalue weighted by molar-refractivity contribution is 6.39. The van der Waals surface area contributed by atoms with Gasteiger partial charge in [0.2, 0.25) is 5.91 Å². The van der Waals surface area contributed by atoms with E-state index in [1.807, 2.05) is 0 Å². The van der Waals surface area contributed by atoms with E-state index in [4.69, 9.17) is 23.2 Å². The lowest BCUT2D eigenvalue weighted by atomic mass is 10.1. The lowest BCUT2D eigenvalue weighted by molar-refractivity contribution is -0.116. The third kappa shape index (κ3) is 4.35. The van der Waals surface area contributed by atoms with Crippen molar-refractivity contribution >= 4 is 34.8 Å². The number of rotatable bonds is 4. The van der Waals surface area contributed by atoms with Crippen LogP contribution in [0.15, 0.2) is 18.2 Å². The number of nitrogens with one attached hydrogen (secondary N) is 1. The number of hydrogen-bond acceptors (Lipinski definition) is 3. The second kappa shape index (κ2) is 7.27. The van der Waals surface area contributed by atoms with E-state index in [0.29, 0.717) is 28.7 Å². The fourth-order valence-corrected chi connectivity index (χ4v) is 2.71. The maximum Gasteiger partial charge on any atom is 0.225 e. The summed E-state index contributed by atoms with van der Waals surface area (Å²) in [6.45, 7) is 2.35. The first-order chi connectivity index (χ1) is 9.56. The van der Waals surface area contributed by atoms with E-state index >= 15 is 0 Å². The maximum atomic E-state index is 11.9. The number of piperidine rings is 1. The highest BCUT2D eigenvalue weighted by atomic mass is 35.5. The van der Waals surface area contributed by atoms with Crippen molar-refractivity contribution in [1.29, 1.82) is 0 Å². The summed E-state index contributed by atoms with van der Waals surface area (Å²) in [5.74, 6) is -0.105. The monoisotopic (exact) mass is 316 g/mol. The van der Waals surface area contributed by atoms with Crippen LogP contribution in [0.3, 0.4) is 0 Å². The summed E-state index contributed by atoms with van der Waals surface area (Å²) in [7, 11) is 0. The van der Waals surface area contributed by atoms with Crippen molar-refractivity contribution in [3.8, 4) is 0 Å². The van der Waals surface area contributed by atoms with Crippen molar-refractivity contribution in [1.82, 2.24) is 4.90 Å². The lowest BCUT2D eigenvalue weighted by Crippen LogP contribution is -2.37. The summed E-state index contributed by atoms with van der Waals surface area (Å²) in [5.41, 5.74) is 0.467. The van der Waals surface area contributed by atoms with E-state index in [2.05, 4.69) is 10.2 Å². The highest BCUT2D eigenvalue weighted by Gasteiger charge is 2.17. The Bertz CT molecular complexity index is 454. The van der Waals surface area contributed by atoms with Gasteiger partial charge in [-0.1, -0.05) is 29.3 Å². The molecule has 1 aromatic rings. The Morgan fingerprint density at radius 3 is 2.50 bits per heavy atom. The predicted octanol–water partition coefficient (Wildman–Crippen LogP) is 2.78. The molecule has 1 heterocycles. The van der Waals surface area contributed by atoms with Crippen molar-refractivity contribution < 1.29 is 9.90 Å². The van der Waals surface area contributed by atoms with Gasteiger partial charge in [-0.05, 0) is 25.0 Å². The van der Waals surface area contributed by atoms with E-state index in [1.165, 1.54) is 0 Å². The molecule has 0 aliphatic carbocycles. The van der Waals surface area contributed by atoms with Gasteiger partial charge in [-0.25, -0.2) is 0 Å². The van der Waals surface area contributed by atoms with Crippen LogP contribution >= 0.6 is 23.2 Å². The van der Waals surface area contributed by atoms with Crippen molar-refractivity contribution in [2.45, 2.75) is 25.4 Å². The minimum absolute atomic E-state index is 0.105. The summed E-state index contributed by atoms with van der Waals surface area (Å²) >= 11 is 12.0. The molecule has 6 heteroatoms. The number of carbonyl (C=O) groups excluding carboxylic acids is 1. The molecular formula is C14H18Cl2N2O2. The molecule has 2 N–H and O–H groups in total. The molecule has 1 aliphatic rings. The molecule has 0 aromatic heterocycles. The van der Waals surface area contributed by atoms with Crippen LogP contribution < -0.4 is 5.32 Å². The first-order valence-electron chi connectivity index (χ1n) is 6.70. The SMILES string of the molecule is O=C(CCN1CCC(O)CC1)Nc1c(Cl)cccc1Cl. The summed E-state index contributed by atoms with van der Waals surface area (Å²) in [6.07, 6.45) is 1.75. The number of hydrogen-bond donors (Lipinski definition) is 2. The normalized spacial score (nSPS) is 17.1. The number of likely N-dealkylation sites (tertiary alicyclic amines) is 1. The van der Waals surface area contributed by atoms with Gasteiger partial charge in [-0.15, -0.1) is 0 Å². The molecule has 1 aromatic carbocycles. The smallest absolute Gasteiger partial charge is 0.225 e. The van der Waals surface area contributed by atoms with Gasteiger partial charge in [0, 0.05) is 26.1 Å². The number of aliphatic hydroxyl groups excluding tert-OH is 1. The maximum absolute atomic E-state index is 11.9. The second-order valence-corrected chi connectivity index (χ2v) is 5.78. The molecule has 0 unspecified atom stereocenters. The van der Waals surface area contributed by atoms with Crippen molar-refractivity contribution in [3.05, 3.63) is 28.2 Å². The Kier molecular flexibility index (Phi) is 5.66. The number of anilines is 1. The van der Waals surface area contributed by atoms with E-state index in [-0.39, 0.29) is 12.0 Å². The Balaban J connectivity index is 1.81. The lowest BCUT2D eigenvalue weighted by Gasteiger charge is -2.29. The van der Waals surface area contributed by atoms with E-state index in [0.717, 1.165) is 25.9 Å². The molecule has 110 valence electrons. The number of halogens is 2. The van der Waals surface area contributed by atoms with Gasteiger partial charge in [0.25, 0.3) is 0 Å². The summed E-state index contributed by atoms with van der Waals surface area (Å²) < 4.78 is 0. The number of amides is 1. The summed E-state index contributed by atoms with van der Waals surface area (Å²) in [5, 5.41) is 13.0. The first kappa shape index (κ1) is 15.6. The second-order valence-electron chi connectivity index (χ2n) is 4.97. The van der Waals surface area contributed by atoms with Crippen molar-refractivity contribution in [3.63, 3.8) is 0 Å². The molecular weight excluding hydrogens is 299 g/mol. The molecule has 0 bridgehead atoms. The summed E-state index contributed by atoms with van der Waals surface area (Å²) in [4.78, 5) is 14.1. The molecule has 0 spiro atoms. The zero-order valence-corrected chi connectivity index (χ0v) is 12.6. The van der Waals surface area contributed by atoms with Crippen LogP contribution in [-0.4, -0.2) is 41.7 Å². The zero-order valence-electron chi connectivity index (χ0n) is 11.1. The van der Waals surface area contributed by atoms with Crippen LogP contribution in [0.1, 0.15) is 19.3 Å². The van der Waals surface area contributed by atoms with Crippen LogP contribution in [0, 0.1) is 0 Å². The third-order valence-corrected chi connectivity index (χ3v) is 4.07. The third-order valence-electron chi connectivity index (χ3n) is 3.44. The molecule has 20 heavy (non-hydrogen) atoms. The topological polar surface area (TPSA) is 52.6 Å². The average molecular weight is 317 g/mol.